The summed E-state index contributed by atoms with van der Waals surface area (Å²) in [5.74, 6) is 0.896. The zero-order valence-corrected chi connectivity index (χ0v) is 14.4. The van der Waals surface area contributed by atoms with E-state index in [-0.39, 0.29) is 11.7 Å². The van der Waals surface area contributed by atoms with Crippen LogP contribution in [0.3, 0.4) is 0 Å². The maximum atomic E-state index is 12.3. The van der Waals surface area contributed by atoms with Crippen LogP contribution in [0.5, 0.6) is 5.75 Å². The lowest BCUT2D eigenvalue weighted by atomic mass is 9.91. The molecule has 1 N–H and O–H groups in total. The molecular formula is C20H26N2O2. The number of hydrogen-bond donors (Lipinski definition) is 1. The van der Waals surface area contributed by atoms with Gasteiger partial charge in [-0.3, -0.25) is 14.7 Å². The summed E-state index contributed by atoms with van der Waals surface area (Å²) < 4.78 is 0. The van der Waals surface area contributed by atoms with Gasteiger partial charge < -0.3 is 5.11 Å². The Morgan fingerprint density at radius 2 is 2.21 bits per heavy atom. The molecule has 24 heavy (non-hydrogen) atoms. The van der Waals surface area contributed by atoms with E-state index in [4.69, 9.17) is 4.98 Å². The first-order valence-electron chi connectivity index (χ1n) is 8.99. The first-order chi connectivity index (χ1) is 11.7. The van der Waals surface area contributed by atoms with E-state index in [1.807, 2.05) is 18.2 Å². The number of rotatable bonds is 6. The number of phenols is 1. The summed E-state index contributed by atoms with van der Waals surface area (Å²) in [5, 5.41) is 10.5. The van der Waals surface area contributed by atoms with Gasteiger partial charge in [-0.05, 0) is 50.1 Å². The van der Waals surface area contributed by atoms with Crippen LogP contribution in [0.25, 0.3) is 10.9 Å². The van der Waals surface area contributed by atoms with Crippen molar-refractivity contribution in [2.45, 2.75) is 45.6 Å². The SMILES string of the molecule is CCCCC(=O)C1CCCN(Cc2ccc3cc(O)ccc3n2)C1. The first-order valence-corrected chi connectivity index (χ1v) is 8.99. The molecule has 1 unspecified atom stereocenters. The highest BCUT2D eigenvalue weighted by Crippen LogP contribution is 2.23. The fourth-order valence-electron chi connectivity index (χ4n) is 3.49. The van der Waals surface area contributed by atoms with Crippen molar-refractivity contribution in [3.63, 3.8) is 0 Å². The standard InChI is InChI=1S/C20H26N2O2/c1-2-3-6-20(24)16-5-4-11-22(13-16)14-17-8-7-15-12-18(23)9-10-19(15)21-17/h7-10,12,16,23H,2-6,11,13-14H2,1H3. The van der Waals surface area contributed by atoms with Crippen molar-refractivity contribution in [1.29, 1.82) is 0 Å². The second kappa shape index (κ2) is 7.75. The number of ketones is 1. The fourth-order valence-corrected chi connectivity index (χ4v) is 3.49. The van der Waals surface area contributed by atoms with Crippen molar-refractivity contribution in [1.82, 2.24) is 9.88 Å². The van der Waals surface area contributed by atoms with Crippen molar-refractivity contribution < 1.29 is 9.90 Å². The lowest BCUT2D eigenvalue weighted by Crippen LogP contribution is -2.38. The molecule has 0 amide bonds. The fraction of sp³-hybridized carbons (Fsp3) is 0.500. The number of piperidine rings is 1. The number of Topliss-reactive ketones (excluding diaryl/α,β-unsaturated/α-hetero) is 1. The summed E-state index contributed by atoms with van der Waals surface area (Å²) in [6.45, 7) is 4.81. The van der Waals surface area contributed by atoms with Gasteiger partial charge in [0.2, 0.25) is 0 Å². The zero-order chi connectivity index (χ0) is 16.9. The predicted octanol–water partition coefficient (Wildman–Crippen LogP) is 3.91. The molecule has 4 heteroatoms. The molecule has 0 saturated carbocycles. The number of carbonyl (C=O) groups is 1. The average molecular weight is 326 g/mol. The second-order valence-electron chi connectivity index (χ2n) is 6.82. The molecule has 3 rings (SSSR count). The molecule has 1 aromatic carbocycles. The minimum atomic E-state index is 0.197. The normalized spacial score (nSPS) is 18.8. The van der Waals surface area contributed by atoms with E-state index in [0.717, 1.165) is 68.3 Å². The number of aromatic hydroxyl groups is 1. The van der Waals surface area contributed by atoms with Gasteiger partial charge in [0.1, 0.15) is 11.5 Å². The molecule has 1 aromatic heterocycles. The molecule has 0 aliphatic carbocycles. The summed E-state index contributed by atoms with van der Waals surface area (Å²) in [4.78, 5) is 19.3. The lowest BCUT2D eigenvalue weighted by Gasteiger charge is -2.31. The number of carbonyl (C=O) groups excluding carboxylic acids is 1. The highest BCUT2D eigenvalue weighted by atomic mass is 16.3. The molecule has 0 radical (unpaired) electrons. The Balaban J connectivity index is 1.64. The monoisotopic (exact) mass is 326 g/mol. The topological polar surface area (TPSA) is 53.4 Å². The van der Waals surface area contributed by atoms with Crippen molar-refractivity contribution in [3.05, 3.63) is 36.0 Å². The highest BCUT2D eigenvalue weighted by molar-refractivity contribution is 5.81. The average Bonchev–Trinajstić information content (AvgIpc) is 2.60. The summed E-state index contributed by atoms with van der Waals surface area (Å²) in [6, 6.07) is 9.27. The molecule has 1 atom stereocenters. The summed E-state index contributed by atoms with van der Waals surface area (Å²) in [6.07, 6.45) is 4.94. The third kappa shape index (κ3) is 4.12. The Morgan fingerprint density at radius 3 is 3.04 bits per heavy atom. The van der Waals surface area contributed by atoms with Gasteiger partial charge in [-0.1, -0.05) is 19.4 Å². The van der Waals surface area contributed by atoms with Gasteiger partial charge in [0.25, 0.3) is 0 Å². The minimum absolute atomic E-state index is 0.197. The van der Waals surface area contributed by atoms with Crippen LogP contribution in [0.15, 0.2) is 30.3 Å². The van der Waals surface area contributed by atoms with E-state index in [2.05, 4.69) is 11.8 Å². The van der Waals surface area contributed by atoms with E-state index in [9.17, 15) is 9.90 Å². The number of phenolic OH excluding ortho intramolecular Hbond substituents is 1. The van der Waals surface area contributed by atoms with Gasteiger partial charge in [-0.2, -0.15) is 0 Å². The Bertz CT molecular complexity index is 714. The van der Waals surface area contributed by atoms with Crippen LogP contribution in [0.4, 0.5) is 0 Å². The van der Waals surface area contributed by atoms with E-state index in [1.165, 1.54) is 0 Å². The maximum Gasteiger partial charge on any atom is 0.137 e. The quantitative estimate of drug-likeness (QED) is 0.874. The smallest absolute Gasteiger partial charge is 0.137 e. The second-order valence-corrected chi connectivity index (χ2v) is 6.82. The molecule has 2 heterocycles. The molecular weight excluding hydrogens is 300 g/mol. The number of nitrogens with zero attached hydrogens (tertiary/aromatic N) is 2. The van der Waals surface area contributed by atoms with Crippen molar-refractivity contribution in [3.8, 4) is 5.75 Å². The van der Waals surface area contributed by atoms with Gasteiger partial charge in [-0.15, -0.1) is 0 Å². The number of likely N-dealkylation sites (tertiary alicyclic amines) is 1. The summed E-state index contributed by atoms with van der Waals surface area (Å²) >= 11 is 0. The largest absolute Gasteiger partial charge is 0.508 e. The van der Waals surface area contributed by atoms with Crippen LogP contribution in [-0.2, 0) is 11.3 Å². The van der Waals surface area contributed by atoms with Crippen molar-refractivity contribution in [2.75, 3.05) is 13.1 Å². The number of benzene rings is 1. The lowest BCUT2D eigenvalue weighted by molar-refractivity contribution is -0.124. The van der Waals surface area contributed by atoms with Crippen LogP contribution in [0.1, 0.15) is 44.7 Å². The van der Waals surface area contributed by atoms with E-state index >= 15 is 0 Å². The predicted molar refractivity (Wildman–Crippen MR) is 95.9 cm³/mol. The number of unbranched alkanes of at least 4 members (excludes halogenated alkanes) is 1. The minimum Gasteiger partial charge on any atom is -0.508 e. The number of aromatic nitrogens is 1. The Hall–Kier alpha value is -1.94. The van der Waals surface area contributed by atoms with Crippen molar-refractivity contribution in [2.24, 2.45) is 5.92 Å². The number of hydrogen-bond acceptors (Lipinski definition) is 4. The maximum absolute atomic E-state index is 12.3. The van der Waals surface area contributed by atoms with E-state index < -0.39 is 0 Å². The Labute approximate surface area is 143 Å². The third-order valence-corrected chi connectivity index (χ3v) is 4.85. The van der Waals surface area contributed by atoms with E-state index in [1.54, 1.807) is 12.1 Å². The van der Waals surface area contributed by atoms with Gasteiger partial charge >= 0.3 is 0 Å². The molecule has 0 bridgehead atoms. The Kier molecular flexibility index (Phi) is 5.46. The van der Waals surface area contributed by atoms with Crippen LogP contribution in [0.2, 0.25) is 0 Å². The van der Waals surface area contributed by atoms with Gasteiger partial charge in [-0.25, -0.2) is 0 Å². The van der Waals surface area contributed by atoms with Crippen LogP contribution >= 0.6 is 0 Å². The van der Waals surface area contributed by atoms with Crippen LogP contribution < -0.4 is 0 Å². The third-order valence-electron chi connectivity index (χ3n) is 4.85. The molecule has 1 aliphatic heterocycles. The van der Waals surface area contributed by atoms with Gasteiger partial charge in [0, 0.05) is 30.8 Å². The first kappa shape index (κ1) is 16.9. The zero-order valence-electron chi connectivity index (χ0n) is 14.4. The molecule has 1 aliphatic rings. The van der Waals surface area contributed by atoms with Gasteiger partial charge in [0.05, 0.1) is 11.2 Å². The van der Waals surface area contributed by atoms with Crippen LogP contribution in [-0.4, -0.2) is 33.9 Å². The van der Waals surface area contributed by atoms with E-state index in [0.29, 0.717) is 5.78 Å². The highest BCUT2D eigenvalue weighted by Gasteiger charge is 2.25. The molecule has 0 spiro atoms. The van der Waals surface area contributed by atoms with Gasteiger partial charge in [0.15, 0.2) is 0 Å². The van der Waals surface area contributed by atoms with Crippen molar-refractivity contribution >= 4 is 16.7 Å². The Morgan fingerprint density at radius 1 is 1.33 bits per heavy atom. The molecule has 2 aromatic rings. The molecule has 4 nitrogen and oxygen atoms in total. The summed E-state index contributed by atoms with van der Waals surface area (Å²) in [5.41, 5.74) is 1.92. The molecule has 1 fully saturated rings. The molecule has 1 saturated heterocycles. The number of fused-ring (bicyclic) bond motifs is 1. The summed E-state index contributed by atoms with van der Waals surface area (Å²) in [7, 11) is 0. The number of pyridine rings is 1. The molecule has 128 valence electrons. The van der Waals surface area contributed by atoms with Crippen LogP contribution in [0, 0.1) is 5.92 Å².